The molecule has 0 amide bonds. The van der Waals surface area contributed by atoms with Gasteiger partial charge in [0.1, 0.15) is 11.6 Å². The molecule has 3 N–H and O–H groups in total. The van der Waals surface area contributed by atoms with Crippen LogP contribution in [0.2, 0.25) is 0 Å². The molecule has 4 heteroatoms. The van der Waals surface area contributed by atoms with Gasteiger partial charge in [-0.25, -0.2) is 0 Å². The lowest BCUT2D eigenvalue weighted by molar-refractivity contribution is -0.131. The van der Waals surface area contributed by atoms with Crippen LogP contribution >= 0.6 is 12.4 Å². The number of carbonyl (C=O) groups is 2. The number of hydrogen-bond donors (Lipinski definition) is 1. The van der Waals surface area contributed by atoms with Gasteiger partial charge in [0, 0.05) is 25.2 Å². The summed E-state index contributed by atoms with van der Waals surface area (Å²) in [5, 5.41) is 0. The maximum absolute atomic E-state index is 13.1. The van der Waals surface area contributed by atoms with Crippen molar-refractivity contribution in [2.24, 2.45) is 11.3 Å². The molecule has 0 radical (unpaired) electrons. The van der Waals surface area contributed by atoms with Crippen LogP contribution in [-0.2, 0) is 9.59 Å². The SMILES string of the molecule is CCCCCCCC/C=C\CCCCCCCC(=O)CC(C(=O)CCCCCCC/C=C\CCCCCCCC)C(C)(C)C.Cl.N. The Labute approximate surface area is 295 Å². The van der Waals surface area contributed by atoms with Crippen LogP contribution in [0.25, 0.3) is 0 Å². The van der Waals surface area contributed by atoms with Crippen LogP contribution in [0.5, 0.6) is 0 Å². The zero-order valence-electron chi connectivity index (χ0n) is 31.8. The van der Waals surface area contributed by atoms with Gasteiger partial charge in [-0.15, -0.1) is 12.4 Å². The molecule has 3 nitrogen and oxygen atoms in total. The van der Waals surface area contributed by atoms with E-state index in [1.54, 1.807) is 0 Å². The van der Waals surface area contributed by atoms with E-state index in [-0.39, 0.29) is 29.9 Å². The fourth-order valence-corrected chi connectivity index (χ4v) is 6.17. The lowest BCUT2D eigenvalue weighted by Crippen LogP contribution is -2.30. The first-order valence-corrected chi connectivity index (χ1v) is 19.7. The minimum Gasteiger partial charge on any atom is -0.344 e. The third kappa shape index (κ3) is 34.4. The van der Waals surface area contributed by atoms with Crippen LogP contribution in [-0.4, -0.2) is 11.6 Å². The summed E-state index contributed by atoms with van der Waals surface area (Å²) in [6.45, 7) is 10.9. The van der Waals surface area contributed by atoms with E-state index in [4.69, 9.17) is 0 Å². The van der Waals surface area contributed by atoms with Crippen molar-refractivity contribution in [3.8, 4) is 0 Å². The summed E-state index contributed by atoms with van der Waals surface area (Å²) in [5.74, 6) is 0.475. The predicted molar refractivity (Wildman–Crippen MR) is 209 cm³/mol. The number of ketones is 2. The highest BCUT2D eigenvalue weighted by Crippen LogP contribution is 2.32. The van der Waals surface area contributed by atoms with Gasteiger partial charge in [-0.1, -0.05) is 162 Å². The second kappa shape index (κ2) is 36.9. The number of halogens is 1. The fourth-order valence-electron chi connectivity index (χ4n) is 6.17. The van der Waals surface area contributed by atoms with Crippen LogP contribution in [0.3, 0.4) is 0 Å². The highest BCUT2D eigenvalue weighted by molar-refractivity contribution is 5.88. The molecule has 0 saturated carbocycles. The molecule has 0 aromatic rings. The number of rotatable bonds is 33. The smallest absolute Gasteiger partial charge is 0.136 e. The van der Waals surface area contributed by atoms with Gasteiger partial charge in [-0.3, -0.25) is 9.59 Å². The number of allylic oxidation sites excluding steroid dienone is 4. The molecule has 0 fully saturated rings. The van der Waals surface area contributed by atoms with E-state index in [0.717, 1.165) is 25.7 Å². The monoisotopic (exact) mass is 668 g/mol. The van der Waals surface area contributed by atoms with E-state index < -0.39 is 0 Å². The van der Waals surface area contributed by atoms with E-state index in [0.29, 0.717) is 30.8 Å². The number of unbranched alkanes of at least 4 members (excludes halogenated alkanes) is 22. The highest BCUT2D eigenvalue weighted by Gasteiger charge is 2.32. The van der Waals surface area contributed by atoms with Gasteiger partial charge in [0.25, 0.3) is 0 Å². The Kier molecular flexibility index (Phi) is 39.7. The third-order valence-electron chi connectivity index (χ3n) is 9.27. The van der Waals surface area contributed by atoms with E-state index in [1.807, 2.05) is 0 Å². The van der Waals surface area contributed by atoms with Crippen LogP contribution in [0.15, 0.2) is 24.3 Å². The van der Waals surface area contributed by atoms with Gasteiger partial charge in [0.05, 0.1) is 0 Å². The van der Waals surface area contributed by atoms with Gasteiger partial charge in [0.2, 0.25) is 0 Å². The summed E-state index contributed by atoms with van der Waals surface area (Å²) in [4.78, 5) is 25.9. The van der Waals surface area contributed by atoms with Crippen molar-refractivity contribution >= 4 is 24.0 Å². The van der Waals surface area contributed by atoms with Crippen LogP contribution in [0.4, 0.5) is 0 Å². The van der Waals surface area contributed by atoms with Crippen molar-refractivity contribution in [2.75, 3.05) is 0 Å². The average molecular weight is 669 g/mol. The topological polar surface area (TPSA) is 69.1 Å². The molecule has 0 aliphatic heterocycles. The molecule has 0 heterocycles. The fraction of sp³-hybridized carbons (Fsp3) is 0.857. The maximum atomic E-state index is 13.1. The number of Topliss-reactive ketones (excluding diaryl/α,β-unsaturated/α-hetero) is 2. The van der Waals surface area contributed by atoms with Gasteiger partial charge < -0.3 is 6.15 Å². The Morgan fingerprint density at radius 1 is 0.478 bits per heavy atom. The minimum atomic E-state index is -0.142. The summed E-state index contributed by atoms with van der Waals surface area (Å²) >= 11 is 0. The van der Waals surface area contributed by atoms with E-state index in [1.165, 1.54) is 141 Å². The summed E-state index contributed by atoms with van der Waals surface area (Å²) in [7, 11) is 0. The van der Waals surface area contributed by atoms with E-state index >= 15 is 0 Å². The first-order chi connectivity index (χ1) is 21.3. The van der Waals surface area contributed by atoms with E-state index in [9.17, 15) is 9.59 Å². The first-order valence-electron chi connectivity index (χ1n) is 19.7. The minimum absolute atomic E-state index is 0. The zero-order chi connectivity index (χ0) is 32.6. The lowest BCUT2D eigenvalue weighted by atomic mass is 9.74. The van der Waals surface area contributed by atoms with Crippen molar-refractivity contribution in [1.29, 1.82) is 0 Å². The van der Waals surface area contributed by atoms with Gasteiger partial charge >= 0.3 is 0 Å². The Bertz CT molecular complexity index is 709. The maximum Gasteiger partial charge on any atom is 0.136 e. The molecule has 0 aliphatic carbocycles. The van der Waals surface area contributed by atoms with Crippen molar-refractivity contribution < 1.29 is 9.59 Å². The molecule has 0 aromatic heterocycles. The molecule has 1 unspecified atom stereocenters. The molecule has 0 aromatic carbocycles. The molecule has 46 heavy (non-hydrogen) atoms. The van der Waals surface area contributed by atoms with Crippen LogP contribution in [0.1, 0.15) is 221 Å². The molecule has 0 bridgehead atoms. The van der Waals surface area contributed by atoms with Gasteiger partial charge in [0.15, 0.2) is 0 Å². The molecule has 1 atom stereocenters. The van der Waals surface area contributed by atoms with Crippen LogP contribution < -0.4 is 6.15 Å². The standard InChI is InChI=1S/C42H78O2.ClH.H3N/c1-6-8-10-12-14-16-18-20-22-24-26-28-30-32-34-36-39(43)38-40(42(3,4)5)41(44)37-35-33-31-29-27-25-23-21-19-17-15-13-11-9-7-2;;/h20-23,40H,6-19,24-38H2,1-5H3;1H;1H3/b22-20-,23-21-;;. The summed E-state index contributed by atoms with van der Waals surface area (Å²) in [6.07, 6.45) is 44.3. The molecule has 0 aliphatic rings. The zero-order valence-corrected chi connectivity index (χ0v) is 32.6. The Balaban J connectivity index is -0.00000924. The van der Waals surface area contributed by atoms with Crippen molar-refractivity contribution in [1.82, 2.24) is 6.15 Å². The summed E-state index contributed by atoms with van der Waals surface area (Å²) in [5.41, 5.74) is -0.142. The molecule has 0 saturated heterocycles. The second-order valence-corrected chi connectivity index (χ2v) is 14.8. The molecule has 274 valence electrons. The number of hydrogen-bond acceptors (Lipinski definition) is 3. The molecular weight excluding hydrogens is 586 g/mol. The van der Waals surface area contributed by atoms with E-state index in [2.05, 4.69) is 58.9 Å². The Morgan fingerprint density at radius 2 is 0.783 bits per heavy atom. The Morgan fingerprint density at radius 3 is 1.13 bits per heavy atom. The quantitative estimate of drug-likeness (QED) is 0.0559. The van der Waals surface area contributed by atoms with Crippen molar-refractivity contribution in [2.45, 2.75) is 221 Å². The summed E-state index contributed by atoms with van der Waals surface area (Å²) in [6, 6.07) is 0. The Hall–Kier alpha value is -0.930. The second-order valence-electron chi connectivity index (χ2n) is 14.8. The van der Waals surface area contributed by atoms with Crippen molar-refractivity contribution in [3.05, 3.63) is 24.3 Å². The highest BCUT2D eigenvalue weighted by atomic mass is 35.5. The number of carbonyl (C=O) groups excluding carboxylic acids is 2. The summed E-state index contributed by atoms with van der Waals surface area (Å²) < 4.78 is 0. The normalized spacial score (nSPS) is 12.4. The molecule has 0 rings (SSSR count). The first kappa shape index (κ1) is 49.5. The average Bonchev–Trinajstić information content (AvgIpc) is 2.99. The van der Waals surface area contributed by atoms with Gasteiger partial charge in [-0.2, -0.15) is 0 Å². The third-order valence-corrected chi connectivity index (χ3v) is 9.27. The predicted octanol–water partition coefficient (Wildman–Crippen LogP) is 14.8. The van der Waals surface area contributed by atoms with Gasteiger partial charge in [-0.05, 0) is 69.6 Å². The molecule has 0 spiro atoms. The van der Waals surface area contributed by atoms with Crippen LogP contribution in [0, 0.1) is 11.3 Å². The lowest BCUT2D eigenvalue weighted by Gasteiger charge is -2.29. The largest absolute Gasteiger partial charge is 0.344 e. The molecular formula is C42H82ClNO2. The van der Waals surface area contributed by atoms with Crippen molar-refractivity contribution in [3.63, 3.8) is 0 Å².